The first kappa shape index (κ1) is 16.4. The minimum Gasteiger partial charge on any atom is -0.399 e. The Morgan fingerprint density at radius 3 is 2.48 bits per heavy atom. The summed E-state index contributed by atoms with van der Waals surface area (Å²) in [6.45, 7) is 0.609. The maximum Gasteiger partial charge on any atom is 0.225 e. The van der Waals surface area contributed by atoms with Crippen molar-refractivity contribution < 1.29 is 13.2 Å². The lowest BCUT2D eigenvalue weighted by atomic mass is 10.2. The third-order valence-corrected chi connectivity index (χ3v) is 5.67. The van der Waals surface area contributed by atoms with Gasteiger partial charge in [-0.15, -0.1) is 0 Å². The molecule has 3 N–H and O–H groups in total. The molecule has 0 spiro atoms. The van der Waals surface area contributed by atoms with E-state index in [4.69, 9.17) is 28.9 Å². The predicted octanol–water partition coefficient (Wildman–Crippen LogP) is 1.94. The summed E-state index contributed by atoms with van der Waals surface area (Å²) in [5.41, 5.74) is 6.25. The highest BCUT2D eigenvalue weighted by molar-refractivity contribution is 7.89. The second-order valence-corrected chi connectivity index (χ2v) is 7.63. The van der Waals surface area contributed by atoms with Crippen LogP contribution in [0.1, 0.15) is 12.8 Å². The van der Waals surface area contributed by atoms with Gasteiger partial charge in [-0.3, -0.25) is 4.79 Å². The molecule has 21 heavy (non-hydrogen) atoms. The van der Waals surface area contributed by atoms with Crippen LogP contribution in [0.3, 0.4) is 0 Å². The van der Waals surface area contributed by atoms with Gasteiger partial charge in [-0.25, -0.2) is 12.7 Å². The van der Waals surface area contributed by atoms with Crippen LogP contribution in [0.4, 0.5) is 11.4 Å². The summed E-state index contributed by atoms with van der Waals surface area (Å²) in [7, 11) is -3.19. The van der Waals surface area contributed by atoms with E-state index in [1.807, 2.05) is 0 Å². The van der Waals surface area contributed by atoms with Crippen LogP contribution in [-0.4, -0.2) is 37.5 Å². The molecule has 0 radical (unpaired) electrons. The van der Waals surface area contributed by atoms with Crippen LogP contribution in [0.5, 0.6) is 0 Å². The Hall–Kier alpha value is -1.02. The lowest BCUT2D eigenvalue weighted by molar-refractivity contribution is -0.116. The molecule has 0 aromatic heterocycles. The highest BCUT2D eigenvalue weighted by Gasteiger charge is 2.28. The number of anilines is 2. The fourth-order valence-electron chi connectivity index (χ4n) is 2.08. The van der Waals surface area contributed by atoms with Gasteiger partial charge >= 0.3 is 0 Å². The third-order valence-electron chi connectivity index (χ3n) is 3.12. The number of nitrogens with one attached hydrogen (secondary N) is 1. The fraction of sp³-hybridized carbons (Fsp3) is 0.417. The molecule has 116 valence electrons. The van der Waals surface area contributed by atoms with Crippen LogP contribution < -0.4 is 11.1 Å². The van der Waals surface area contributed by atoms with Gasteiger partial charge in [-0.05, 0) is 18.6 Å². The van der Waals surface area contributed by atoms with Crippen LogP contribution in [-0.2, 0) is 14.8 Å². The van der Waals surface area contributed by atoms with E-state index in [1.54, 1.807) is 0 Å². The zero-order valence-electron chi connectivity index (χ0n) is 11.1. The van der Waals surface area contributed by atoms with Crippen LogP contribution in [0.15, 0.2) is 12.1 Å². The SMILES string of the molecule is Nc1cc(Cl)c(NC(=O)CCN2CCCS2(=O)=O)c(Cl)c1. The number of nitrogens with zero attached hydrogens (tertiary/aromatic N) is 1. The van der Waals surface area contributed by atoms with E-state index >= 15 is 0 Å². The van der Waals surface area contributed by atoms with Gasteiger partial charge in [0.1, 0.15) is 0 Å². The topological polar surface area (TPSA) is 92.5 Å². The van der Waals surface area contributed by atoms with E-state index in [2.05, 4.69) is 5.32 Å². The Balaban J connectivity index is 1.97. The summed E-state index contributed by atoms with van der Waals surface area (Å²) < 4.78 is 24.6. The minimum atomic E-state index is -3.19. The van der Waals surface area contributed by atoms with E-state index < -0.39 is 10.0 Å². The van der Waals surface area contributed by atoms with Crippen LogP contribution >= 0.6 is 23.2 Å². The normalized spacial score (nSPS) is 17.8. The molecule has 0 saturated carbocycles. The highest BCUT2D eigenvalue weighted by atomic mass is 35.5. The number of nitrogens with two attached hydrogens (primary N) is 1. The average Bonchev–Trinajstić information content (AvgIpc) is 2.70. The van der Waals surface area contributed by atoms with Crippen molar-refractivity contribution in [3.63, 3.8) is 0 Å². The summed E-state index contributed by atoms with van der Waals surface area (Å²) >= 11 is 11.9. The van der Waals surface area contributed by atoms with Crippen molar-refractivity contribution in [3.05, 3.63) is 22.2 Å². The van der Waals surface area contributed by atoms with Gasteiger partial charge in [0, 0.05) is 25.2 Å². The molecule has 0 atom stereocenters. The molecule has 1 heterocycles. The molecule has 1 fully saturated rings. The number of amides is 1. The van der Waals surface area contributed by atoms with Gasteiger partial charge in [-0.1, -0.05) is 23.2 Å². The van der Waals surface area contributed by atoms with Crippen molar-refractivity contribution in [1.29, 1.82) is 0 Å². The number of hydrogen-bond acceptors (Lipinski definition) is 4. The van der Waals surface area contributed by atoms with Crippen molar-refractivity contribution in [2.45, 2.75) is 12.8 Å². The lowest BCUT2D eigenvalue weighted by Crippen LogP contribution is -2.29. The average molecular weight is 352 g/mol. The van der Waals surface area contributed by atoms with Gasteiger partial charge in [0.2, 0.25) is 15.9 Å². The van der Waals surface area contributed by atoms with Gasteiger partial charge in [0.15, 0.2) is 0 Å². The Labute approximate surface area is 133 Å². The number of sulfonamides is 1. The number of nitrogen functional groups attached to an aromatic ring is 1. The number of hydrogen-bond donors (Lipinski definition) is 2. The number of carbonyl (C=O) groups excluding carboxylic acids is 1. The van der Waals surface area contributed by atoms with E-state index in [-0.39, 0.29) is 40.4 Å². The molecule has 1 amide bonds. The zero-order valence-corrected chi connectivity index (χ0v) is 13.4. The molecule has 9 heteroatoms. The van der Waals surface area contributed by atoms with Crippen molar-refractivity contribution in [1.82, 2.24) is 4.31 Å². The van der Waals surface area contributed by atoms with Crippen LogP contribution in [0.2, 0.25) is 10.0 Å². The minimum absolute atomic E-state index is 0.0380. The first-order valence-electron chi connectivity index (χ1n) is 6.32. The lowest BCUT2D eigenvalue weighted by Gasteiger charge is -2.14. The molecule has 1 aromatic carbocycles. The van der Waals surface area contributed by atoms with Crippen molar-refractivity contribution in [2.75, 3.05) is 29.9 Å². The fourth-order valence-corrected chi connectivity index (χ4v) is 4.21. The molecule has 1 aromatic rings. The maximum absolute atomic E-state index is 11.9. The summed E-state index contributed by atoms with van der Waals surface area (Å²) in [5, 5.41) is 3.05. The molecular formula is C12H15Cl2N3O3S. The maximum atomic E-state index is 11.9. The largest absolute Gasteiger partial charge is 0.399 e. The van der Waals surface area contributed by atoms with Gasteiger partial charge in [0.25, 0.3) is 0 Å². The first-order chi connectivity index (χ1) is 9.79. The Kier molecular flexibility index (Phi) is 4.98. The standard InChI is InChI=1S/C12H15Cl2N3O3S/c13-9-6-8(15)7-10(14)12(9)16-11(18)2-4-17-3-1-5-21(17,19)20/h6-7H,1-5,15H2,(H,16,18). The summed E-state index contributed by atoms with van der Waals surface area (Å²) in [6, 6.07) is 2.96. The molecular weight excluding hydrogens is 337 g/mol. The predicted molar refractivity (Wildman–Crippen MR) is 84.1 cm³/mol. The second-order valence-electron chi connectivity index (χ2n) is 4.73. The van der Waals surface area contributed by atoms with Crippen molar-refractivity contribution in [3.8, 4) is 0 Å². The summed E-state index contributed by atoms with van der Waals surface area (Å²) in [4.78, 5) is 11.9. The summed E-state index contributed by atoms with van der Waals surface area (Å²) in [5.74, 6) is -0.213. The van der Waals surface area contributed by atoms with E-state index in [0.717, 1.165) is 0 Å². The van der Waals surface area contributed by atoms with E-state index in [0.29, 0.717) is 18.7 Å². The Bertz CT molecular complexity index is 641. The molecule has 0 aliphatic carbocycles. The molecule has 6 nitrogen and oxygen atoms in total. The first-order valence-corrected chi connectivity index (χ1v) is 8.68. The molecule has 1 aliphatic rings. The third kappa shape index (κ3) is 4.00. The molecule has 1 aliphatic heterocycles. The number of halogens is 2. The van der Waals surface area contributed by atoms with Crippen molar-refractivity contribution in [2.24, 2.45) is 0 Å². The monoisotopic (exact) mass is 351 g/mol. The number of benzene rings is 1. The van der Waals surface area contributed by atoms with E-state index in [9.17, 15) is 13.2 Å². The quantitative estimate of drug-likeness (QED) is 0.810. The second kappa shape index (κ2) is 6.39. The Morgan fingerprint density at radius 2 is 1.95 bits per heavy atom. The van der Waals surface area contributed by atoms with Gasteiger partial charge in [0.05, 0.1) is 21.5 Å². The van der Waals surface area contributed by atoms with Crippen molar-refractivity contribution >= 4 is 50.5 Å². The Morgan fingerprint density at radius 1 is 1.33 bits per heavy atom. The van der Waals surface area contributed by atoms with Gasteiger partial charge in [-0.2, -0.15) is 0 Å². The van der Waals surface area contributed by atoms with Gasteiger partial charge < -0.3 is 11.1 Å². The smallest absolute Gasteiger partial charge is 0.225 e. The van der Waals surface area contributed by atoms with Crippen LogP contribution in [0, 0.1) is 0 Å². The molecule has 2 rings (SSSR count). The number of carbonyl (C=O) groups is 1. The zero-order chi connectivity index (χ0) is 15.6. The summed E-state index contributed by atoms with van der Waals surface area (Å²) in [6.07, 6.45) is 0.635. The van der Waals surface area contributed by atoms with E-state index in [1.165, 1.54) is 16.4 Å². The number of rotatable bonds is 4. The molecule has 0 unspecified atom stereocenters. The highest BCUT2D eigenvalue weighted by Crippen LogP contribution is 2.32. The molecule has 1 saturated heterocycles. The van der Waals surface area contributed by atoms with Crippen LogP contribution in [0.25, 0.3) is 0 Å². The molecule has 0 bridgehead atoms.